The molecule has 1 atom stereocenters. The molecule has 0 aliphatic heterocycles. The maximum atomic E-state index is 13.3. The number of carbonyl (C=O) groups excluding carboxylic acids is 1. The van der Waals surface area contributed by atoms with Gasteiger partial charge < -0.3 is 15.8 Å². The molecule has 0 fully saturated rings. The van der Waals surface area contributed by atoms with Gasteiger partial charge in [0.05, 0.1) is 11.8 Å². The van der Waals surface area contributed by atoms with Crippen LogP contribution in [0.15, 0.2) is 18.2 Å². The van der Waals surface area contributed by atoms with E-state index >= 15 is 0 Å². The minimum atomic E-state index is -0.643. The lowest BCUT2D eigenvalue weighted by Crippen LogP contribution is -2.30. The number of nitrogen functional groups attached to an aromatic ring is 1. The summed E-state index contributed by atoms with van der Waals surface area (Å²) in [7, 11) is 0. The maximum absolute atomic E-state index is 13.3. The van der Waals surface area contributed by atoms with E-state index in [1.807, 2.05) is 13.8 Å². The van der Waals surface area contributed by atoms with E-state index in [-0.39, 0.29) is 11.8 Å². The van der Waals surface area contributed by atoms with E-state index in [1.54, 1.807) is 6.92 Å². The summed E-state index contributed by atoms with van der Waals surface area (Å²) in [6, 6.07) is 4.01. The number of nitrogens with two attached hydrogens (primary N) is 1. The van der Waals surface area contributed by atoms with Gasteiger partial charge in [-0.05, 0) is 39.0 Å². The van der Waals surface area contributed by atoms with Crippen LogP contribution < -0.4 is 11.1 Å². The van der Waals surface area contributed by atoms with E-state index in [0.29, 0.717) is 5.69 Å². The van der Waals surface area contributed by atoms with Crippen molar-refractivity contribution in [3.05, 3.63) is 24.0 Å². The van der Waals surface area contributed by atoms with Gasteiger partial charge in [0.25, 0.3) is 5.91 Å². The predicted octanol–water partition coefficient (Wildman–Crippen LogP) is 2.16. The highest BCUT2D eigenvalue weighted by Crippen LogP contribution is 2.17. The Morgan fingerprint density at radius 1 is 1.41 bits per heavy atom. The molecule has 0 heterocycles. The standard InChI is InChI=1S/C12H17FN2O2/c1-7(2)17-8(3)12(16)15-11-6-9(14)4-5-10(11)13/h4-8H,14H2,1-3H3,(H,15,16). The Labute approximate surface area is 100.0 Å². The van der Waals surface area contributed by atoms with Crippen molar-refractivity contribution in [1.29, 1.82) is 0 Å². The van der Waals surface area contributed by atoms with Gasteiger partial charge in [-0.25, -0.2) is 4.39 Å². The number of carbonyl (C=O) groups is 1. The molecular weight excluding hydrogens is 223 g/mol. The fourth-order valence-electron chi connectivity index (χ4n) is 1.34. The lowest BCUT2D eigenvalue weighted by atomic mass is 10.2. The Bertz CT molecular complexity index is 407. The Morgan fingerprint density at radius 3 is 2.65 bits per heavy atom. The third kappa shape index (κ3) is 4.03. The maximum Gasteiger partial charge on any atom is 0.253 e. The molecule has 1 aromatic rings. The van der Waals surface area contributed by atoms with E-state index in [9.17, 15) is 9.18 Å². The van der Waals surface area contributed by atoms with Crippen molar-refractivity contribution in [2.75, 3.05) is 11.1 Å². The number of benzene rings is 1. The molecule has 94 valence electrons. The van der Waals surface area contributed by atoms with Crippen molar-refractivity contribution in [2.24, 2.45) is 0 Å². The summed E-state index contributed by atoms with van der Waals surface area (Å²) in [5.74, 6) is -0.924. The zero-order valence-corrected chi connectivity index (χ0v) is 10.2. The van der Waals surface area contributed by atoms with E-state index in [1.165, 1.54) is 18.2 Å². The first kappa shape index (κ1) is 13.4. The van der Waals surface area contributed by atoms with Crippen molar-refractivity contribution in [2.45, 2.75) is 33.0 Å². The third-order valence-electron chi connectivity index (χ3n) is 2.09. The molecule has 0 bridgehead atoms. The summed E-state index contributed by atoms with van der Waals surface area (Å²) in [5.41, 5.74) is 5.96. The molecule has 1 rings (SSSR count). The highest BCUT2D eigenvalue weighted by Gasteiger charge is 2.16. The topological polar surface area (TPSA) is 64.3 Å². The smallest absolute Gasteiger partial charge is 0.253 e. The van der Waals surface area contributed by atoms with Gasteiger partial charge >= 0.3 is 0 Å². The van der Waals surface area contributed by atoms with Crippen LogP contribution in [0, 0.1) is 5.82 Å². The van der Waals surface area contributed by atoms with Crippen LogP contribution in [0.25, 0.3) is 0 Å². The first-order valence-corrected chi connectivity index (χ1v) is 5.41. The van der Waals surface area contributed by atoms with Crippen LogP contribution in [0.3, 0.4) is 0 Å². The predicted molar refractivity (Wildman–Crippen MR) is 65.1 cm³/mol. The minimum absolute atomic E-state index is 0.0641. The monoisotopic (exact) mass is 240 g/mol. The van der Waals surface area contributed by atoms with Gasteiger partial charge in [-0.15, -0.1) is 0 Å². The minimum Gasteiger partial charge on any atom is -0.399 e. The number of amides is 1. The first-order valence-electron chi connectivity index (χ1n) is 5.41. The summed E-state index contributed by atoms with van der Waals surface area (Å²) in [6.07, 6.45) is -0.711. The number of halogens is 1. The van der Waals surface area contributed by atoms with Crippen LogP contribution in [0.5, 0.6) is 0 Å². The highest BCUT2D eigenvalue weighted by atomic mass is 19.1. The summed E-state index contributed by atoms with van der Waals surface area (Å²) in [6.45, 7) is 5.26. The van der Waals surface area contributed by atoms with Crippen LogP contribution in [-0.4, -0.2) is 18.1 Å². The van der Waals surface area contributed by atoms with Gasteiger partial charge in [0.15, 0.2) is 0 Å². The van der Waals surface area contributed by atoms with Gasteiger partial charge in [-0.1, -0.05) is 0 Å². The summed E-state index contributed by atoms with van der Waals surface area (Å²) in [5, 5.41) is 2.44. The number of ether oxygens (including phenoxy) is 1. The number of nitrogens with one attached hydrogen (secondary N) is 1. The Morgan fingerprint density at radius 2 is 2.06 bits per heavy atom. The van der Waals surface area contributed by atoms with Crippen LogP contribution in [-0.2, 0) is 9.53 Å². The van der Waals surface area contributed by atoms with E-state index in [4.69, 9.17) is 10.5 Å². The Hall–Kier alpha value is -1.62. The highest BCUT2D eigenvalue weighted by molar-refractivity contribution is 5.94. The van der Waals surface area contributed by atoms with E-state index in [2.05, 4.69) is 5.32 Å². The molecule has 0 aliphatic rings. The Kier molecular flexibility index (Phi) is 4.45. The second-order valence-corrected chi connectivity index (χ2v) is 4.06. The molecule has 1 amide bonds. The SMILES string of the molecule is CC(C)OC(C)C(=O)Nc1cc(N)ccc1F. The average Bonchev–Trinajstić information content (AvgIpc) is 2.22. The number of rotatable bonds is 4. The van der Waals surface area contributed by atoms with Gasteiger partial charge in [-0.3, -0.25) is 4.79 Å². The third-order valence-corrected chi connectivity index (χ3v) is 2.09. The fraction of sp³-hybridized carbons (Fsp3) is 0.417. The normalized spacial score (nSPS) is 12.5. The fourth-order valence-corrected chi connectivity index (χ4v) is 1.34. The van der Waals surface area contributed by atoms with Crippen LogP contribution in [0.2, 0.25) is 0 Å². The van der Waals surface area contributed by atoms with Crippen LogP contribution in [0.1, 0.15) is 20.8 Å². The molecule has 0 aliphatic carbocycles. The molecule has 0 aromatic heterocycles. The van der Waals surface area contributed by atoms with Gasteiger partial charge in [-0.2, -0.15) is 0 Å². The van der Waals surface area contributed by atoms with Crippen LogP contribution in [0.4, 0.5) is 15.8 Å². The molecule has 17 heavy (non-hydrogen) atoms. The summed E-state index contributed by atoms with van der Waals surface area (Å²) < 4.78 is 18.6. The van der Waals surface area contributed by atoms with Crippen molar-refractivity contribution in [3.8, 4) is 0 Å². The van der Waals surface area contributed by atoms with Crippen molar-refractivity contribution in [3.63, 3.8) is 0 Å². The van der Waals surface area contributed by atoms with E-state index < -0.39 is 17.8 Å². The summed E-state index contributed by atoms with van der Waals surface area (Å²) in [4.78, 5) is 11.7. The van der Waals surface area contributed by atoms with Gasteiger partial charge in [0.2, 0.25) is 0 Å². The van der Waals surface area contributed by atoms with Gasteiger partial charge in [0.1, 0.15) is 11.9 Å². The van der Waals surface area contributed by atoms with Crippen LogP contribution >= 0.6 is 0 Å². The molecule has 5 heteroatoms. The molecular formula is C12H17FN2O2. The molecule has 4 nitrogen and oxygen atoms in total. The number of anilines is 2. The van der Waals surface area contributed by atoms with Crippen molar-refractivity contribution >= 4 is 17.3 Å². The lowest BCUT2D eigenvalue weighted by molar-refractivity contribution is -0.128. The quantitative estimate of drug-likeness (QED) is 0.793. The van der Waals surface area contributed by atoms with Crippen molar-refractivity contribution in [1.82, 2.24) is 0 Å². The molecule has 3 N–H and O–H groups in total. The number of hydrogen-bond donors (Lipinski definition) is 2. The largest absolute Gasteiger partial charge is 0.399 e. The molecule has 0 spiro atoms. The average molecular weight is 240 g/mol. The molecule has 1 aromatic carbocycles. The van der Waals surface area contributed by atoms with Crippen molar-refractivity contribution < 1.29 is 13.9 Å². The van der Waals surface area contributed by atoms with Gasteiger partial charge in [0, 0.05) is 5.69 Å². The molecule has 0 radical (unpaired) electrons. The molecule has 1 unspecified atom stereocenters. The molecule has 0 saturated carbocycles. The summed E-state index contributed by atoms with van der Waals surface area (Å²) >= 11 is 0. The number of hydrogen-bond acceptors (Lipinski definition) is 3. The zero-order valence-electron chi connectivity index (χ0n) is 10.2. The zero-order chi connectivity index (χ0) is 13.0. The Balaban J connectivity index is 2.70. The lowest BCUT2D eigenvalue weighted by Gasteiger charge is -2.16. The second kappa shape index (κ2) is 5.63. The second-order valence-electron chi connectivity index (χ2n) is 4.06. The first-order chi connectivity index (χ1) is 7.90. The molecule has 0 saturated heterocycles. The van der Waals surface area contributed by atoms with E-state index in [0.717, 1.165) is 0 Å².